The summed E-state index contributed by atoms with van der Waals surface area (Å²) in [6, 6.07) is 7.84. The summed E-state index contributed by atoms with van der Waals surface area (Å²) in [5, 5.41) is 3.32. The minimum Gasteiger partial charge on any atom is -0.379 e. The molecule has 0 saturated carbocycles. The summed E-state index contributed by atoms with van der Waals surface area (Å²) in [4.78, 5) is 19.2. The Morgan fingerprint density at radius 2 is 2.26 bits per heavy atom. The molecule has 0 radical (unpaired) electrons. The summed E-state index contributed by atoms with van der Waals surface area (Å²) in [5.74, 6) is 0.860. The number of amides is 1. The fourth-order valence-electron chi connectivity index (χ4n) is 1.64. The van der Waals surface area contributed by atoms with Gasteiger partial charge in [-0.1, -0.05) is 12.1 Å². The summed E-state index contributed by atoms with van der Waals surface area (Å²) in [7, 11) is 0. The third kappa shape index (κ3) is 4.03. The maximum absolute atomic E-state index is 10.8. The van der Waals surface area contributed by atoms with E-state index in [0.29, 0.717) is 6.54 Å². The second kappa shape index (κ2) is 6.29. The lowest BCUT2D eigenvalue weighted by Gasteiger charge is -2.10. The molecule has 0 bridgehead atoms. The van der Waals surface area contributed by atoms with E-state index in [1.54, 1.807) is 0 Å². The molecule has 2 rings (SSSR count). The number of imidazole rings is 1. The zero-order valence-corrected chi connectivity index (χ0v) is 11.5. The summed E-state index contributed by atoms with van der Waals surface area (Å²) >= 11 is 1.43. The van der Waals surface area contributed by atoms with Gasteiger partial charge >= 0.3 is 0 Å². The van der Waals surface area contributed by atoms with E-state index in [4.69, 9.17) is 5.73 Å². The number of aromatic nitrogens is 2. The van der Waals surface area contributed by atoms with Gasteiger partial charge in [-0.2, -0.15) is 0 Å². The first-order valence-electron chi connectivity index (χ1n) is 5.89. The number of nitrogens with zero attached hydrogens (tertiary/aromatic N) is 1. The Morgan fingerprint density at radius 3 is 2.95 bits per heavy atom. The molecule has 2 aromatic rings. The van der Waals surface area contributed by atoms with Gasteiger partial charge < -0.3 is 16.0 Å². The van der Waals surface area contributed by atoms with Crippen LogP contribution in [0.4, 0.5) is 5.69 Å². The number of nitrogens with two attached hydrogens (primary N) is 1. The number of hydrogen-bond donors (Lipinski definition) is 3. The molecule has 0 saturated heterocycles. The predicted molar refractivity (Wildman–Crippen MR) is 77.0 cm³/mol. The SMILES string of the molecule is Cc1ncc(CNc2ccccc2SCC(N)=O)[nH]1. The highest BCUT2D eigenvalue weighted by molar-refractivity contribution is 8.00. The second-order valence-electron chi connectivity index (χ2n) is 4.10. The lowest BCUT2D eigenvalue weighted by molar-refractivity contribution is -0.115. The van der Waals surface area contributed by atoms with Crippen LogP contribution in [0.5, 0.6) is 0 Å². The normalized spacial score (nSPS) is 10.4. The maximum atomic E-state index is 10.8. The van der Waals surface area contributed by atoms with Crippen molar-refractivity contribution in [1.82, 2.24) is 9.97 Å². The van der Waals surface area contributed by atoms with Gasteiger partial charge in [-0.15, -0.1) is 11.8 Å². The number of benzene rings is 1. The van der Waals surface area contributed by atoms with Gasteiger partial charge in [-0.25, -0.2) is 4.98 Å². The van der Waals surface area contributed by atoms with E-state index in [0.717, 1.165) is 22.1 Å². The monoisotopic (exact) mass is 276 g/mol. The Morgan fingerprint density at radius 1 is 1.47 bits per heavy atom. The Labute approximate surface area is 116 Å². The topological polar surface area (TPSA) is 83.8 Å². The van der Waals surface area contributed by atoms with Crippen LogP contribution in [0, 0.1) is 6.92 Å². The lowest BCUT2D eigenvalue weighted by atomic mass is 10.3. The van der Waals surface area contributed by atoms with Crippen molar-refractivity contribution in [2.24, 2.45) is 5.73 Å². The number of anilines is 1. The number of aryl methyl sites for hydroxylation is 1. The number of aromatic amines is 1. The van der Waals surface area contributed by atoms with Crippen molar-refractivity contribution in [3.63, 3.8) is 0 Å². The van der Waals surface area contributed by atoms with Gasteiger partial charge in [-0.3, -0.25) is 4.79 Å². The fraction of sp³-hybridized carbons (Fsp3) is 0.231. The molecule has 5 nitrogen and oxygen atoms in total. The molecule has 1 aromatic heterocycles. The number of hydrogen-bond acceptors (Lipinski definition) is 4. The molecule has 0 spiro atoms. The second-order valence-corrected chi connectivity index (χ2v) is 5.12. The Hall–Kier alpha value is -1.95. The van der Waals surface area contributed by atoms with E-state index >= 15 is 0 Å². The van der Waals surface area contributed by atoms with Crippen LogP contribution in [0.2, 0.25) is 0 Å². The molecule has 1 heterocycles. The predicted octanol–water partition coefficient (Wildman–Crippen LogP) is 1.91. The summed E-state index contributed by atoms with van der Waals surface area (Å²) in [6.45, 7) is 2.58. The molecule has 6 heteroatoms. The highest BCUT2D eigenvalue weighted by Gasteiger charge is 2.04. The van der Waals surface area contributed by atoms with Crippen LogP contribution in [-0.4, -0.2) is 21.6 Å². The Balaban J connectivity index is 2.01. The van der Waals surface area contributed by atoms with E-state index < -0.39 is 0 Å². The molecule has 0 aliphatic carbocycles. The number of rotatable bonds is 6. The molecule has 1 amide bonds. The molecule has 100 valence electrons. The standard InChI is InChI=1S/C13H16N4OS/c1-9-15-6-10(17-9)7-16-11-4-2-3-5-12(11)19-8-13(14)18/h2-6,16H,7-8H2,1H3,(H2,14,18)(H,15,17). The first kappa shape index (κ1) is 13.5. The molecule has 0 fully saturated rings. The van der Waals surface area contributed by atoms with E-state index in [1.165, 1.54) is 11.8 Å². The van der Waals surface area contributed by atoms with Crippen molar-refractivity contribution >= 4 is 23.4 Å². The quantitative estimate of drug-likeness (QED) is 0.704. The first-order chi connectivity index (χ1) is 9.15. The molecule has 0 unspecified atom stereocenters. The van der Waals surface area contributed by atoms with Crippen LogP contribution in [0.15, 0.2) is 35.4 Å². The van der Waals surface area contributed by atoms with Gasteiger partial charge in [0.1, 0.15) is 5.82 Å². The van der Waals surface area contributed by atoms with Crippen molar-refractivity contribution in [1.29, 1.82) is 0 Å². The number of nitrogens with one attached hydrogen (secondary N) is 2. The zero-order chi connectivity index (χ0) is 13.7. The third-order valence-corrected chi connectivity index (χ3v) is 3.58. The largest absolute Gasteiger partial charge is 0.379 e. The van der Waals surface area contributed by atoms with E-state index in [1.807, 2.05) is 37.4 Å². The van der Waals surface area contributed by atoms with Gasteiger partial charge in [0.15, 0.2) is 0 Å². The molecular formula is C13H16N4OS. The fourth-order valence-corrected chi connectivity index (χ4v) is 2.41. The Kier molecular flexibility index (Phi) is 4.46. The van der Waals surface area contributed by atoms with Gasteiger partial charge in [0.25, 0.3) is 0 Å². The number of para-hydroxylation sites is 1. The van der Waals surface area contributed by atoms with Crippen molar-refractivity contribution in [2.45, 2.75) is 18.4 Å². The molecule has 0 aliphatic rings. The molecule has 0 atom stereocenters. The van der Waals surface area contributed by atoms with E-state index in [9.17, 15) is 4.79 Å². The lowest BCUT2D eigenvalue weighted by Crippen LogP contribution is -2.13. The van der Waals surface area contributed by atoms with Crippen LogP contribution in [0.3, 0.4) is 0 Å². The number of carbonyl (C=O) groups excluding carboxylic acids is 1. The molecule has 1 aromatic carbocycles. The Bertz CT molecular complexity index is 567. The van der Waals surface area contributed by atoms with E-state index in [-0.39, 0.29) is 11.7 Å². The molecule has 4 N–H and O–H groups in total. The van der Waals surface area contributed by atoms with Gasteiger partial charge in [0, 0.05) is 10.6 Å². The van der Waals surface area contributed by atoms with Gasteiger partial charge in [0.05, 0.1) is 24.2 Å². The number of primary amides is 1. The smallest absolute Gasteiger partial charge is 0.227 e. The highest BCUT2D eigenvalue weighted by Crippen LogP contribution is 2.26. The summed E-state index contributed by atoms with van der Waals surface area (Å²) in [6.07, 6.45) is 1.81. The number of carbonyl (C=O) groups is 1. The third-order valence-electron chi connectivity index (χ3n) is 2.48. The average Bonchev–Trinajstić information content (AvgIpc) is 2.80. The zero-order valence-electron chi connectivity index (χ0n) is 10.6. The van der Waals surface area contributed by atoms with Gasteiger partial charge in [0.2, 0.25) is 5.91 Å². The molecule has 0 aliphatic heterocycles. The van der Waals surface area contributed by atoms with Crippen LogP contribution in [0.1, 0.15) is 11.5 Å². The van der Waals surface area contributed by atoms with Crippen LogP contribution in [0.25, 0.3) is 0 Å². The molecule has 19 heavy (non-hydrogen) atoms. The highest BCUT2D eigenvalue weighted by atomic mass is 32.2. The average molecular weight is 276 g/mol. The van der Waals surface area contributed by atoms with Crippen molar-refractivity contribution in [3.05, 3.63) is 42.0 Å². The van der Waals surface area contributed by atoms with Crippen LogP contribution < -0.4 is 11.1 Å². The number of H-pyrrole nitrogens is 1. The summed E-state index contributed by atoms with van der Waals surface area (Å²) in [5.41, 5.74) is 7.17. The first-order valence-corrected chi connectivity index (χ1v) is 6.88. The number of thioether (sulfide) groups is 1. The van der Waals surface area contributed by atoms with Crippen molar-refractivity contribution in [3.8, 4) is 0 Å². The minimum absolute atomic E-state index is 0.280. The van der Waals surface area contributed by atoms with Crippen LogP contribution >= 0.6 is 11.8 Å². The minimum atomic E-state index is -0.316. The van der Waals surface area contributed by atoms with Crippen LogP contribution in [-0.2, 0) is 11.3 Å². The van der Waals surface area contributed by atoms with Crippen molar-refractivity contribution in [2.75, 3.05) is 11.1 Å². The maximum Gasteiger partial charge on any atom is 0.227 e. The van der Waals surface area contributed by atoms with Crippen molar-refractivity contribution < 1.29 is 4.79 Å². The van der Waals surface area contributed by atoms with E-state index in [2.05, 4.69) is 15.3 Å². The summed E-state index contributed by atoms with van der Waals surface area (Å²) < 4.78 is 0. The van der Waals surface area contributed by atoms with Gasteiger partial charge in [-0.05, 0) is 19.1 Å². The molecular weight excluding hydrogens is 260 g/mol.